The maximum atomic E-state index is 10.2. The number of morpholine rings is 1. The van der Waals surface area contributed by atoms with Gasteiger partial charge in [-0.1, -0.05) is 0 Å². The van der Waals surface area contributed by atoms with Gasteiger partial charge in [-0.25, -0.2) is 9.79 Å². The highest BCUT2D eigenvalue weighted by atomic mass is 16.5. The van der Waals surface area contributed by atoms with E-state index in [1.165, 1.54) is 0 Å². The predicted molar refractivity (Wildman–Crippen MR) is 50.0 cm³/mol. The predicted octanol–water partition coefficient (Wildman–Crippen LogP) is -0.142. The fourth-order valence-electron chi connectivity index (χ4n) is 1.22. The number of ether oxygens (including phenoxy) is 1. The molecule has 0 spiro atoms. The van der Waals surface area contributed by atoms with Crippen molar-refractivity contribution in [1.29, 1.82) is 0 Å². The van der Waals surface area contributed by atoms with Crippen molar-refractivity contribution in [2.75, 3.05) is 32.8 Å². The van der Waals surface area contributed by atoms with E-state index in [1.54, 1.807) is 6.21 Å². The fourth-order valence-corrected chi connectivity index (χ4v) is 1.22. The van der Waals surface area contributed by atoms with Crippen LogP contribution in [0.15, 0.2) is 4.99 Å². The molecule has 13 heavy (non-hydrogen) atoms. The molecule has 1 fully saturated rings. The summed E-state index contributed by atoms with van der Waals surface area (Å²) >= 11 is 0. The molecule has 0 aromatic rings. The Morgan fingerprint density at radius 1 is 1.54 bits per heavy atom. The van der Waals surface area contributed by atoms with Gasteiger partial charge in [0.05, 0.1) is 13.2 Å². The summed E-state index contributed by atoms with van der Waals surface area (Å²) in [7, 11) is 0. The van der Waals surface area contributed by atoms with Crippen molar-refractivity contribution in [3.05, 3.63) is 0 Å². The molecule has 1 heterocycles. The fraction of sp³-hybridized carbons (Fsp3) is 0.750. The Labute approximate surface area is 77.6 Å². The monoisotopic (exact) mass is 185 g/mol. The van der Waals surface area contributed by atoms with Gasteiger partial charge in [-0.3, -0.25) is 4.90 Å². The van der Waals surface area contributed by atoms with E-state index >= 15 is 0 Å². The third kappa shape index (κ3) is 4.59. The summed E-state index contributed by atoms with van der Waals surface area (Å²) in [6.07, 6.45) is 2.33. The summed E-state index contributed by atoms with van der Waals surface area (Å²) in [5.74, 6) is 0. The van der Waals surface area contributed by atoms with Gasteiger partial charge in [-0.2, -0.15) is 0 Å². The minimum absolute atomic E-state index is 0.623. The lowest BCUT2D eigenvalue weighted by atomic mass is 10.3. The molecule has 0 bridgehead atoms. The van der Waals surface area contributed by atoms with Crippen molar-refractivity contribution < 1.29 is 9.53 Å². The van der Waals surface area contributed by atoms with Crippen LogP contribution in [-0.4, -0.2) is 50.0 Å². The zero-order chi connectivity index (χ0) is 9.52. The molecule has 5 heteroatoms. The first-order chi connectivity index (χ1) is 6.29. The molecular weight excluding hydrogens is 170 g/mol. The number of hydrogen-bond donors (Lipinski definition) is 1. The molecule has 1 aliphatic rings. The van der Waals surface area contributed by atoms with Gasteiger partial charge in [0.1, 0.15) is 0 Å². The zero-order valence-electron chi connectivity index (χ0n) is 7.61. The summed E-state index contributed by atoms with van der Waals surface area (Å²) in [6, 6.07) is -0.623. The van der Waals surface area contributed by atoms with Crippen LogP contribution in [0.4, 0.5) is 4.79 Å². The highest BCUT2D eigenvalue weighted by Gasteiger charge is 2.08. The van der Waals surface area contributed by atoms with Crippen molar-refractivity contribution in [3.63, 3.8) is 0 Å². The topological polar surface area (TPSA) is 67.9 Å². The van der Waals surface area contributed by atoms with Crippen LogP contribution in [0.5, 0.6) is 0 Å². The molecule has 0 aromatic heterocycles. The second-order valence-electron chi connectivity index (χ2n) is 2.89. The van der Waals surface area contributed by atoms with Gasteiger partial charge in [-0.05, 0) is 6.42 Å². The van der Waals surface area contributed by atoms with E-state index in [1.807, 2.05) is 0 Å². The summed E-state index contributed by atoms with van der Waals surface area (Å²) in [4.78, 5) is 16.0. The Balaban J connectivity index is 2.07. The normalized spacial score (nSPS) is 19.4. The molecule has 0 aromatic carbocycles. The first-order valence-corrected chi connectivity index (χ1v) is 4.41. The van der Waals surface area contributed by atoms with Crippen molar-refractivity contribution in [2.45, 2.75) is 6.42 Å². The lowest BCUT2D eigenvalue weighted by Crippen LogP contribution is -2.36. The van der Waals surface area contributed by atoms with E-state index < -0.39 is 6.03 Å². The molecule has 2 N–H and O–H groups in total. The molecule has 1 rings (SSSR count). The highest BCUT2D eigenvalue weighted by Crippen LogP contribution is 1.96. The summed E-state index contributed by atoms with van der Waals surface area (Å²) in [5, 5.41) is 0. The smallest absolute Gasteiger partial charge is 0.337 e. The minimum Gasteiger partial charge on any atom is -0.379 e. The lowest BCUT2D eigenvalue weighted by molar-refractivity contribution is 0.0393. The maximum absolute atomic E-state index is 10.2. The second kappa shape index (κ2) is 5.66. The van der Waals surface area contributed by atoms with Crippen LogP contribution in [0.3, 0.4) is 0 Å². The molecule has 0 saturated carbocycles. The molecule has 5 nitrogen and oxygen atoms in total. The van der Waals surface area contributed by atoms with Crippen LogP contribution < -0.4 is 5.73 Å². The molecule has 74 valence electrons. The number of hydrogen-bond acceptors (Lipinski definition) is 3. The van der Waals surface area contributed by atoms with Crippen LogP contribution in [0.2, 0.25) is 0 Å². The number of primary amides is 1. The molecular formula is C8H15N3O2. The number of carbonyl (C=O) groups is 1. The Hall–Kier alpha value is -0.940. The van der Waals surface area contributed by atoms with Crippen LogP contribution in [0, 0.1) is 0 Å². The van der Waals surface area contributed by atoms with E-state index in [0.29, 0.717) is 0 Å². The Kier molecular flexibility index (Phi) is 4.42. The third-order valence-corrected chi connectivity index (χ3v) is 1.90. The van der Waals surface area contributed by atoms with E-state index in [9.17, 15) is 4.79 Å². The lowest BCUT2D eigenvalue weighted by Gasteiger charge is -2.25. The molecule has 1 aliphatic heterocycles. The summed E-state index contributed by atoms with van der Waals surface area (Å²) < 4.78 is 5.19. The van der Waals surface area contributed by atoms with Gasteiger partial charge in [0.25, 0.3) is 0 Å². The number of carbonyl (C=O) groups excluding carboxylic acids is 1. The van der Waals surface area contributed by atoms with Gasteiger partial charge < -0.3 is 10.5 Å². The second-order valence-corrected chi connectivity index (χ2v) is 2.89. The van der Waals surface area contributed by atoms with Gasteiger partial charge in [0.2, 0.25) is 0 Å². The van der Waals surface area contributed by atoms with Gasteiger partial charge in [0, 0.05) is 25.8 Å². The maximum Gasteiger partial charge on any atom is 0.337 e. The van der Waals surface area contributed by atoms with Gasteiger partial charge >= 0.3 is 6.03 Å². The first kappa shape index (κ1) is 10.1. The van der Waals surface area contributed by atoms with Crippen LogP contribution in [0.25, 0.3) is 0 Å². The van der Waals surface area contributed by atoms with Gasteiger partial charge in [-0.15, -0.1) is 0 Å². The summed E-state index contributed by atoms with van der Waals surface area (Å²) in [5.41, 5.74) is 4.84. The Morgan fingerprint density at radius 3 is 2.85 bits per heavy atom. The number of rotatable bonds is 3. The third-order valence-electron chi connectivity index (χ3n) is 1.90. The quantitative estimate of drug-likeness (QED) is 0.622. The van der Waals surface area contributed by atoms with E-state index in [0.717, 1.165) is 39.3 Å². The molecule has 0 unspecified atom stereocenters. The molecule has 0 aliphatic carbocycles. The zero-order valence-corrected chi connectivity index (χ0v) is 7.61. The minimum atomic E-state index is -0.623. The van der Waals surface area contributed by atoms with Crippen LogP contribution in [0.1, 0.15) is 6.42 Å². The standard InChI is InChI=1S/C8H15N3O2/c9-8(12)10-2-1-3-11-4-6-13-7-5-11/h2H,1,3-7H2,(H2,9,12). The number of nitrogens with zero attached hydrogens (tertiary/aromatic N) is 2. The number of nitrogens with two attached hydrogens (primary N) is 1. The SMILES string of the molecule is NC(=O)N=CCCN1CCOCC1. The molecule has 0 atom stereocenters. The highest BCUT2D eigenvalue weighted by molar-refractivity contribution is 5.82. The number of amides is 2. The number of aliphatic imine (C=N–C) groups is 1. The van der Waals surface area contributed by atoms with Crippen molar-refractivity contribution in [3.8, 4) is 0 Å². The van der Waals surface area contributed by atoms with Crippen molar-refractivity contribution in [2.24, 2.45) is 10.7 Å². The molecule has 2 amide bonds. The van der Waals surface area contributed by atoms with E-state index in [2.05, 4.69) is 9.89 Å². The van der Waals surface area contributed by atoms with E-state index in [4.69, 9.17) is 10.5 Å². The molecule has 0 radical (unpaired) electrons. The Morgan fingerprint density at radius 2 is 2.23 bits per heavy atom. The average Bonchev–Trinajstić information content (AvgIpc) is 2.14. The Bertz CT molecular complexity index is 188. The van der Waals surface area contributed by atoms with Crippen molar-refractivity contribution >= 4 is 12.2 Å². The molecule has 1 saturated heterocycles. The number of urea groups is 1. The summed E-state index contributed by atoms with van der Waals surface area (Å²) in [6.45, 7) is 4.44. The average molecular weight is 185 g/mol. The van der Waals surface area contributed by atoms with Gasteiger partial charge in [0.15, 0.2) is 0 Å². The van der Waals surface area contributed by atoms with Crippen LogP contribution >= 0.6 is 0 Å². The van der Waals surface area contributed by atoms with Crippen molar-refractivity contribution in [1.82, 2.24) is 4.90 Å². The largest absolute Gasteiger partial charge is 0.379 e. The van der Waals surface area contributed by atoms with Crippen LogP contribution in [-0.2, 0) is 4.74 Å². The van der Waals surface area contributed by atoms with E-state index in [-0.39, 0.29) is 0 Å². The first-order valence-electron chi connectivity index (χ1n) is 4.41.